The molecule has 3 aromatic carbocycles. The summed E-state index contributed by atoms with van der Waals surface area (Å²) in [6.07, 6.45) is 0. The van der Waals surface area contributed by atoms with E-state index in [1.54, 1.807) is 25.1 Å². The van der Waals surface area contributed by atoms with Gasteiger partial charge >= 0.3 is 0 Å². The zero-order valence-corrected chi connectivity index (χ0v) is 17.7. The Bertz CT molecular complexity index is 1290. The molecule has 0 bridgehead atoms. The second kappa shape index (κ2) is 8.33. The van der Waals surface area contributed by atoms with E-state index in [9.17, 15) is 21.2 Å². The molecule has 30 heavy (non-hydrogen) atoms. The lowest BCUT2D eigenvalue weighted by atomic mass is 10.2. The van der Waals surface area contributed by atoms with Gasteiger partial charge in [0.25, 0.3) is 20.0 Å². The summed E-state index contributed by atoms with van der Waals surface area (Å²) in [5.41, 5.74) is 0.710. The van der Waals surface area contributed by atoms with Crippen LogP contribution in [0.1, 0.15) is 5.56 Å². The summed E-state index contributed by atoms with van der Waals surface area (Å²) in [5, 5.41) is 0. The fourth-order valence-corrected chi connectivity index (χ4v) is 4.97. The Labute approximate surface area is 174 Å². The van der Waals surface area contributed by atoms with Crippen LogP contribution in [0, 0.1) is 12.7 Å². The Morgan fingerprint density at radius 1 is 0.800 bits per heavy atom. The van der Waals surface area contributed by atoms with Gasteiger partial charge in [0.15, 0.2) is 0 Å². The lowest BCUT2D eigenvalue weighted by Crippen LogP contribution is -2.17. The quantitative estimate of drug-likeness (QED) is 0.571. The van der Waals surface area contributed by atoms with E-state index in [4.69, 9.17) is 4.74 Å². The highest BCUT2D eigenvalue weighted by Gasteiger charge is 2.22. The summed E-state index contributed by atoms with van der Waals surface area (Å²) in [7, 11) is -6.90. The number of para-hydroxylation sites is 2. The summed E-state index contributed by atoms with van der Waals surface area (Å²) >= 11 is 0. The maximum Gasteiger partial charge on any atom is 0.264 e. The van der Waals surface area contributed by atoms with Gasteiger partial charge < -0.3 is 4.74 Å². The van der Waals surface area contributed by atoms with Crippen LogP contribution in [0.2, 0.25) is 0 Å². The molecular formula is C20H19FN2O5S2. The normalized spacial score (nSPS) is 11.7. The third-order valence-corrected chi connectivity index (χ3v) is 7.00. The number of hydrogen-bond donors (Lipinski definition) is 2. The van der Waals surface area contributed by atoms with Crippen molar-refractivity contribution in [3.63, 3.8) is 0 Å². The average molecular weight is 451 g/mol. The van der Waals surface area contributed by atoms with Crippen LogP contribution in [0.15, 0.2) is 76.5 Å². The number of aryl methyl sites for hydroxylation is 1. The minimum absolute atomic E-state index is 0.0150. The molecule has 0 atom stereocenters. The molecule has 7 nitrogen and oxygen atoms in total. The SMILES string of the molecule is COc1ccccc1NS(=O)(=O)c1ccc(C)c(NS(=O)(=O)c2ccccc2F)c1. The summed E-state index contributed by atoms with van der Waals surface area (Å²) in [4.78, 5) is -0.713. The van der Waals surface area contributed by atoms with E-state index in [-0.39, 0.29) is 16.3 Å². The molecule has 3 aromatic rings. The molecule has 0 saturated carbocycles. The predicted octanol–water partition coefficient (Wildman–Crippen LogP) is 3.74. The molecule has 0 aliphatic rings. The van der Waals surface area contributed by atoms with Crippen LogP contribution in [-0.2, 0) is 20.0 Å². The Balaban J connectivity index is 1.96. The van der Waals surface area contributed by atoms with Crippen molar-refractivity contribution in [2.45, 2.75) is 16.7 Å². The number of sulfonamides is 2. The maximum atomic E-state index is 13.9. The first-order chi connectivity index (χ1) is 14.1. The fraction of sp³-hybridized carbons (Fsp3) is 0.100. The zero-order chi connectivity index (χ0) is 21.9. The number of halogens is 1. The second-order valence-corrected chi connectivity index (χ2v) is 9.65. The van der Waals surface area contributed by atoms with E-state index in [0.29, 0.717) is 11.3 Å². The Morgan fingerprint density at radius 3 is 2.13 bits per heavy atom. The molecule has 0 aromatic heterocycles. The Hall–Kier alpha value is -3.11. The highest BCUT2D eigenvalue weighted by atomic mass is 32.2. The summed E-state index contributed by atoms with van der Waals surface area (Å²) in [5.74, 6) is -0.585. The minimum Gasteiger partial charge on any atom is -0.495 e. The topological polar surface area (TPSA) is 102 Å². The smallest absolute Gasteiger partial charge is 0.264 e. The molecule has 3 rings (SSSR count). The first-order valence-electron chi connectivity index (χ1n) is 8.68. The van der Waals surface area contributed by atoms with Crippen LogP contribution in [-0.4, -0.2) is 23.9 Å². The van der Waals surface area contributed by atoms with Crippen molar-refractivity contribution in [2.75, 3.05) is 16.6 Å². The van der Waals surface area contributed by atoms with Gasteiger partial charge in [0.2, 0.25) is 0 Å². The molecular weight excluding hydrogens is 431 g/mol. The molecule has 0 heterocycles. The van der Waals surface area contributed by atoms with Crippen LogP contribution >= 0.6 is 0 Å². The van der Waals surface area contributed by atoms with Crippen LogP contribution in [0.5, 0.6) is 5.75 Å². The highest BCUT2D eigenvalue weighted by Crippen LogP contribution is 2.28. The molecule has 0 aliphatic carbocycles. The lowest BCUT2D eigenvalue weighted by molar-refractivity contribution is 0.417. The van der Waals surface area contributed by atoms with Crippen LogP contribution in [0.3, 0.4) is 0 Å². The van der Waals surface area contributed by atoms with Gasteiger partial charge in [-0.3, -0.25) is 9.44 Å². The van der Waals surface area contributed by atoms with Gasteiger partial charge in [0, 0.05) is 0 Å². The Morgan fingerprint density at radius 2 is 1.43 bits per heavy atom. The second-order valence-electron chi connectivity index (χ2n) is 6.32. The van der Waals surface area contributed by atoms with Gasteiger partial charge in [-0.1, -0.05) is 30.3 Å². The third kappa shape index (κ3) is 4.55. The summed E-state index contributed by atoms with van der Waals surface area (Å²) in [6, 6.07) is 15.3. The third-order valence-electron chi connectivity index (χ3n) is 4.24. The predicted molar refractivity (Wildman–Crippen MR) is 112 cm³/mol. The van der Waals surface area contributed by atoms with Gasteiger partial charge in [-0.25, -0.2) is 21.2 Å². The monoisotopic (exact) mass is 450 g/mol. The molecule has 0 radical (unpaired) electrons. The van der Waals surface area contributed by atoms with Crippen molar-refractivity contribution >= 4 is 31.4 Å². The highest BCUT2D eigenvalue weighted by molar-refractivity contribution is 7.93. The zero-order valence-electron chi connectivity index (χ0n) is 16.1. The van der Waals surface area contributed by atoms with Crippen LogP contribution in [0.25, 0.3) is 0 Å². The number of rotatable bonds is 7. The van der Waals surface area contributed by atoms with E-state index in [1.165, 1.54) is 43.5 Å². The number of nitrogens with one attached hydrogen (secondary N) is 2. The van der Waals surface area contributed by atoms with Crippen molar-refractivity contribution in [3.8, 4) is 5.75 Å². The van der Waals surface area contributed by atoms with E-state index in [2.05, 4.69) is 9.44 Å². The number of anilines is 2. The first-order valence-corrected chi connectivity index (χ1v) is 11.6. The first kappa shape index (κ1) is 21.6. The van der Waals surface area contributed by atoms with Gasteiger partial charge in [-0.15, -0.1) is 0 Å². The van der Waals surface area contributed by atoms with Crippen LogP contribution < -0.4 is 14.2 Å². The number of ether oxygens (including phenoxy) is 1. The molecule has 0 fully saturated rings. The number of benzene rings is 3. The van der Waals surface area contributed by atoms with Gasteiger partial charge in [0.1, 0.15) is 16.5 Å². The van der Waals surface area contributed by atoms with Crippen molar-refractivity contribution in [1.82, 2.24) is 0 Å². The standard InChI is InChI=1S/C20H19FN2O5S2/c1-14-11-12-15(29(24,25)22-17-8-4-5-9-19(17)28-2)13-18(14)23-30(26,27)20-10-6-3-7-16(20)21/h3-13,22-23H,1-2H3. The van der Waals surface area contributed by atoms with Gasteiger partial charge in [0.05, 0.1) is 23.4 Å². The molecule has 2 N–H and O–H groups in total. The minimum atomic E-state index is -4.26. The van der Waals surface area contributed by atoms with E-state index >= 15 is 0 Å². The number of hydrogen-bond acceptors (Lipinski definition) is 5. The molecule has 0 saturated heterocycles. The average Bonchev–Trinajstić information content (AvgIpc) is 2.69. The van der Waals surface area contributed by atoms with E-state index in [0.717, 1.165) is 12.1 Å². The molecule has 0 spiro atoms. The largest absolute Gasteiger partial charge is 0.495 e. The molecule has 0 aliphatic heterocycles. The van der Waals surface area contributed by atoms with Crippen molar-refractivity contribution in [3.05, 3.63) is 78.1 Å². The van der Waals surface area contributed by atoms with Crippen molar-refractivity contribution in [2.24, 2.45) is 0 Å². The molecule has 158 valence electrons. The fourth-order valence-electron chi connectivity index (χ4n) is 2.67. The lowest BCUT2D eigenvalue weighted by Gasteiger charge is -2.15. The maximum absolute atomic E-state index is 13.9. The van der Waals surface area contributed by atoms with E-state index < -0.39 is 30.8 Å². The summed E-state index contributed by atoms with van der Waals surface area (Å²) < 4.78 is 74.5. The number of methoxy groups -OCH3 is 1. The summed E-state index contributed by atoms with van der Waals surface area (Å²) in [6.45, 7) is 1.60. The van der Waals surface area contributed by atoms with E-state index in [1.807, 2.05) is 0 Å². The van der Waals surface area contributed by atoms with Crippen molar-refractivity contribution < 1.29 is 26.0 Å². The van der Waals surface area contributed by atoms with Crippen LogP contribution in [0.4, 0.5) is 15.8 Å². The van der Waals surface area contributed by atoms with Gasteiger partial charge in [-0.05, 0) is 48.9 Å². The molecule has 0 unspecified atom stereocenters. The molecule has 0 amide bonds. The molecule has 10 heteroatoms. The van der Waals surface area contributed by atoms with Crippen molar-refractivity contribution in [1.29, 1.82) is 0 Å². The van der Waals surface area contributed by atoms with Gasteiger partial charge in [-0.2, -0.15) is 0 Å². The Kier molecular flexibility index (Phi) is 5.99.